The molecule has 4 aromatic rings. The third kappa shape index (κ3) is 4.79. The molecule has 0 bridgehead atoms. The standard InChI is InChI=1S/C23H19F3N4O4/c1-32-18-9-8-15(10-19(18)33-2)16-11-20(23(24,25)26)30-21(28-16)12-17(29-30)22(31)34-27-13-14-6-4-3-5-7-14/h3-12,27H,13H2,1-2H3. The predicted octanol–water partition coefficient (Wildman–Crippen LogP) is 4.29. The van der Waals surface area contributed by atoms with Gasteiger partial charge >= 0.3 is 12.1 Å². The summed E-state index contributed by atoms with van der Waals surface area (Å²) in [5.41, 5.74) is 2.11. The Balaban J connectivity index is 1.66. The van der Waals surface area contributed by atoms with E-state index in [0.29, 0.717) is 21.6 Å². The lowest BCUT2D eigenvalue weighted by Gasteiger charge is -2.12. The monoisotopic (exact) mass is 472 g/mol. The van der Waals surface area contributed by atoms with E-state index in [1.54, 1.807) is 12.1 Å². The summed E-state index contributed by atoms with van der Waals surface area (Å²) in [5.74, 6) is -0.194. The molecule has 0 saturated carbocycles. The normalized spacial score (nSPS) is 11.4. The molecule has 4 rings (SSSR count). The maximum absolute atomic E-state index is 13.8. The minimum absolute atomic E-state index is 0.0165. The largest absolute Gasteiger partial charge is 0.493 e. The molecule has 34 heavy (non-hydrogen) atoms. The first-order valence-corrected chi connectivity index (χ1v) is 9.98. The van der Waals surface area contributed by atoms with Crippen molar-refractivity contribution >= 4 is 11.6 Å². The van der Waals surface area contributed by atoms with Crippen LogP contribution < -0.4 is 15.0 Å². The van der Waals surface area contributed by atoms with Gasteiger partial charge in [0.25, 0.3) is 0 Å². The van der Waals surface area contributed by atoms with Crippen molar-refractivity contribution in [2.75, 3.05) is 14.2 Å². The average molecular weight is 472 g/mol. The lowest BCUT2D eigenvalue weighted by Crippen LogP contribution is -2.20. The van der Waals surface area contributed by atoms with E-state index in [9.17, 15) is 18.0 Å². The number of rotatable bonds is 7. The zero-order chi connectivity index (χ0) is 24.3. The van der Waals surface area contributed by atoms with Crippen molar-refractivity contribution in [1.82, 2.24) is 20.1 Å². The Morgan fingerprint density at radius 3 is 2.41 bits per heavy atom. The quantitative estimate of drug-likeness (QED) is 0.402. The van der Waals surface area contributed by atoms with Gasteiger partial charge < -0.3 is 14.3 Å². The molecule has 11 heteroatoms. The van der Waals surface area contributed by atoms with Gasteiger partial charge in [0.15, 0.2) is 28.5 Å². The summed E-state index contributed by atoms with van der Waals surface area (Å²) in [7, 11) is 2.87. The lowest BCUT2D eigenvalue weighted by atomic mass is 10.1. The topological polar surface area (TPSA) is 87.0 Å². The molecule has 0 saturated heterocycles. The van der Waals surface area contributed by atoms with E-state index in [1.165, 1.54) is 20.3 Å². The van der Waals surface area contributed by atoms with Gasteiger partial charge in [-0.05, 0) is 29.8 Å². The number of fused-ring (bicyclic) bond motifs is 1. The van der Waals surface area contributed by atoms with Crippen LogP contribution in [0.4, 0.5) is 13.2 Å². The van der Waals surface area contributed by atoms with Gasteiger partial charge in [0.05, 0.1) is 26.5 Å². The van der Waals surface area contributed by atoms with Crippen LogP contribution in [0.15, 0.2) is 60.7 Å². The van der Waals surface area contributed by atoms with Gasteiger partial charge in [-0.25, -0.2) is 14.3 Å². The third-order valence-corrected chi connectivity index (χ3v) is 4.89. The Morgan fingerprint density at radius 1 is 1.00 bits per heavy atom. The molecule has 0 unspecified atom stereocenters. The number of ether oxygens (including phenoxy) is 2. The fourth-order valence-electron chi connectivity index (χ4n) is 3.25. The zero-order valence-corrected chi connectivity index (χ0v) is 18.1. The maximum Gasteiger partial charge on any atom is 0.433 e. The van der Waals surface area contributed by atoms with Gasteiger partial charge in [-0.2, -0.15) is 18.3 Å². The number of methoxy groups -OCH3 is 2. The first kappa shape index (κ1) is 23.1. The third-order valence-electron chi connectivity index (χ3n) is 4.89. The summed E-state index contributed by atoms with van der Waals surface area (Å²) >= 11 is 0. The van der Waals surface area contributed by atoms with Crippen LogP contribution in [0.3, 0.4) is 0 Å². The van der Waals surface area contributed by atoms with Crippen molar-refractivity contribution in [2.45, 2.75) is 12.7 Å². The van der Waals surface area contributed by atoms with Gasteiger partial charge in [-0.1, -0.05) is 30.3 Å². The summed E-state index contributed by atoms with van der Waals surface area (Å²) in [4.78, 5) is 21.6. The summed E-state index contributed by atoms with van der Waals surface area (Å²) in [6, 6.07) is 15.7. The van der Waals surface area contributed by atoms with Crippen molar-refractivity contribution in [3.63, 3.8) is 0 Å². The summed E-state index contributed by atoms with van der Waals surface area (Å²) in [6.45, 7) is 0.218. The Kier molecular flexibility index (Phi) is 6.37. The van der Waals surface area contributed by atoms with E-state index in [4.69, 9.17) is 14.3 Å². The fraction of sp³-hybridized carbons (Fsp3) is 0.174. The van der Waals surface area contributed by atoms with Crippen LogP contribution in [-0.4, -0.2) is 34.8 Å². The molecule has 1 N–H and O–H groups in total. The number of carbonyl (C=O) groups excluding carboxylic acids is 1. The minimum Gasteiger partial charge on any atom is -0.493 e. The second kappa shape index (κ2) is 9.40. The van der Waals surface area contributed by atoms with E-state index in [1.807, 2.05) is 30.3 Å². The Bertz CT molecular complexity index is 1320. The first-order chi connectivity index (χ1) is 16.3. The summed E-state index contributed by atoms with van der Waals surface area (Å²) in [6.07, 6.45) is -4.76. The van der Waals surface area contributed by atoms with Crippen LogP contribution in [0.1, 0.15) is 21.7 Å². The number of aromatic nitrogens is 3. The Labute approximate surface area is 191 Å². The van der Waals surface area contributed by atoms with Gasteiger partial charge in [-0.3, -0.25) is 0 Å². The SMILES string of the molecule is COc1ccc(-c2cc(C(F)(F)F)n3nc(C(=O)ONCc4ccccc4)cc3n2)cc1OC. The molecule has 0 fully saturated rings. The van der Waals surface area contributed by atoms with Crippen molar-refractivity contribution in [1.29, 1.82) is 0 Å². The van der Waals surface area contributed by atoms with Crippen LogP contribution in [0.2, 0.25) is 0 Å². The highest BCUT2D eigenvalue weighted by molar-refractivity contribution is 5.88. The van der Waals surface area contributed by atoms with Gasteiger partial charge in [-0.15, -0.1) is 5.48 Å². The van der Waals surface area contributed by atoms with Crippen LogP contribution in [0.25, 0.3) is 16.9 Å². The number of alkyl halides is 3. The molecule has 0 aliphatic carbocycles. The number of nitrogens with zero attached hydrogens (tertiary/aromatic N) is 3. The molecule has 176 valence electrons. The number of benzene rings is 2. The molecule has 0 radical (unpaired) electrons. The van der Waals surface area contributed by atoms with Crippen LogP contribution >= 0.6 is 0 Å². The Hall–Kier alpha value is -4.12. The van der Waals surface area contributed by atoms with Crippen molar-refractivity contribution in [2.24, 2.45) is 0 Å². The Morgan fingerprint density at radius 2 is 1.74 bits per heavy atom. The molecular weight excluding hydrogens is 453 g/mol. The smallest absolute Gasteiger partial charge is 0.433 e. The number of carbonyl (C=O) groups is 1. The highest BCUT2D eigenvalue weighted by Gasteiger charge is 2.36. The van der Waals surface area contributed by atoms with Crippen LogP contribution in [0.5, 0.6) is 11.5 Å². The molecule has 0 amide bonds. The number of hydrogen-bond donors (Lipinski definition) is 1. The van der Waals surface area contributed by atoms with Crippen LogP contribution in [-0.2, 0) is 17.6 Å². The van der Waals surface area contributed by atoms with E-state index < -0.39 is 17.8 Å². The molecule has 0 atom stereocenters. The molecule has 0 spiro atoms. The van der Waals surface area contributed by atoms with Crippen LogP contribution in [0, 0.1) is 0 Å². The van der Waals surface area contributed by atoms with Crippen molar-refractivity contribution in [3.05, 3.63) is 77.6 Å². The second-order valence-corrected chi connectivity index (χ2v) is 7.09. The highest BCUT2D eigenvalue weighted by Crippen LogP contribution is 2.35. The molecule has 2 heterocycles. The zero-order valence-electron chi connectivity index (χ0n) is 18.1. The van der Waals surface area contributed by atoms with E-state index in [2.05, 4.69) is 15.6 Å². The molecule has 2 aromatic heterocycles. The minimum atomic E-state index is -4.76. The summed E-state index contributed by atoms with van der Waals surface area (Å²) in [5, 5.41) is 3.78. The molecule has 0 aliphatic heterocycles. The number of nitrogens with one attached hydrogen (secondary N) is 1. The average Bonchev–Trinajstić information content (AvgIpc) is 3.27. The van der Waals surface area contributed by atoms with Crippen molar-refractivity contribution in [3.8, 4) is 22.8 Å². The first-order valence-electron chi connectivity index (χ1n) is 9.98. The predicted molar refractivity (Wildman–Crippen MR) is 115 cm³/mol. The number of hydroxylamine groups is 1. The van der Waals surface area contributed by atoms with E-state index in [-0.39, 0.29) is 23.6 Å². The van der Waals surface area contributed by atoms with E-state index >= 15 is 0 Å². The van der Waals surface area contributed by atoms with Gasteiger partial charge in [0.1, 0.15) is 0 Å². The van der Waals surface area contributed by atoms with Gasteiger partial charge in [0, 0.05) is 11.6 Å². The molecule has 0 aliphatic rings. The highest BCUT2D eigenvalue weighted by atomic mass is 19.4. The van der Waals surface area contributed by atoms with E-state index in [0.717, 1.165) is 17.7 Å². The molecule has 2 aromatic carbocycles. The number of halogens is 3. The lowest BCUT2D eigenvalue weighted by molar-refractivity contribution is -0.142. The van der Waals surface area contributed by atoms with Crippen molar-refractivity contribution < 1.29 is 32.3 Å². The molecule has 8 nitrogen and oxygen atoms in total. The maximum atomic E-state index is 13.8. The fourth-order valence-corrected chi connectivity index (χ4v) is 3.25. The molecular formula is C23H19F3N4O4. The second-order valence-electron chi connectivity index (χ2n) is 7.09. The van der Waals surface area contributed by atoms with Gasteiger partial charge in [0.2, 0.25) is 0 Å². The summed E-state index contributed by atoms with van der Waals surface area (Å²) < 4.78 is 52.4. The number of hydrogen-bond acceptors (Lipinski definition) is 7.